The summed E-state index contributed by atoms with van der Waals surface area (Å²) in [4.78, 5) is 27.7. The van der Waals surface area contributed by atoms with Gasteiger partial charge in [0.1, 0.15) is 11.6 Å². The molecule has 1 aliphatic heterocycles. The monoisotopic (exact) mass is 360 g/mol. The number of hydrogen-bond donors (Lipinski definition) is 0. The fourth-order valence-corrected chi connectivity index (χ4v) is 2.79. The minimum Gasteiger partial charge on any atom is -0.452 e. The van der Waals surface area contributed by atoms with Gasteiger partial charge in [0.2, 0.25) is 0 Å². The Hall–Kier alpha value is -2.96. The Kier molecular flexibility index (Phi) is 5.46. The summed E-state index contributed by atoms with van der Waals surface area (Å²) >= 11 is 0. The Morgan fingerprint density at radius 2 is 1.58 bits per heavy atom. The van der Waals surface area contributed by atoms with Gasteiger partial charge in [-0.3, -0.25) is 4.79 Å². The van der Waals surface area contributed by atoms with Crippen molar-refractivity contribution in [1.82, 2.24) is 4.90 Å². The third kappa shape index (κ3) is 4.17. The zero-order valence-corrected chi connectivity index (χ0v) is 14.0. The van der Waals surface area contributed by atoms with Crippen LogP contribution in [-0.4, -0.2) is 49.6 Å². The number of nitrogens with zero attached hydrogens (tertiary/aromatic N) is 2. The predicted octanol–water partition coefficient (Wildman–Crippen LogP) is 2.47. The molecule has 0 N–H and O–H groups in total. The van der Waals surface area contributed by atoms with Gasteiger partial charge in [-0.05, 0) is 36.4 Å². The van der Waals surface area contributed by atoms with Gasteiger partial charge >= 0.3 is 5.97 Å². The van der Waals surface area contributed by atoms with Gasteiger partial charge in [0, 0.05) is 31.9 Å². The third-order valence-corrected chi connectivity index (χ3v) is 4.24. The fourth-order valence-electron chi connectivity index (χ4n) is 2.79. The summed E-state index contributed by atoms with van der Waals surface area (Å²) in [6.45, 7) is 1.70. The van der Waals surface area contributed by atoms with Gasteiger partial charge in [-0.2, -0.15) is 0 Å². The van der Waals surface area contributed by atoms with E-state index in [1.54, 1.807) is 17.0 Å². The van der Waals surface area contributed by atoms with E-state index in [0.717, 1.165) is 11.8 Å². The first kappa shape index (κ1) is 17.8. The molecule has 5 nitrogen and oxygen atoms in total. The molecule has 0 saturated carbocycles. The normalized spacial score (nSPS) is 14.2. The zero-order valence-electron chi connectivity index (χ0n) is 14.0. The number of esters is 1. The van der Waals surface area contributed by atoms with Gasteiger partial charge in [0.25, 0.3) is 5.91 Å². The number of piperazine rings is 1. The quantitative estimate of drug-likeness (QED) is 0.786. The lowest BCUT2D eigenvalue weighted by Crippen LogP contribution is -2.49. The van der Waals surface area contributed by atoms with E-state index in [1.807, 2.05) is 0 Å². The number of anilines is 1. The van der Waals surface area contributed by atoms with Crippen molar-refractivity contribution in [2.75, 3.05) is 37.7 Å². The Morgan fingerprint density at radius 3 is 2.23 bits per heavy atom. The summed E-state index contributed by atoms with van der Waals surface area (Å²) in [6.07, 6.45) is 0. The van der Waals surface area contributed by atoms with Crippen LogP contribution in [0, 0.1) is 11.6 Å². The molecule has 0 aliphatic carbocycles. The average molecular weight is 360 g/mol. The summed E-state index contributed by atoms with van der Waals surface area (Å²) in [6, 6.07) is 11.7. The van der Waals surface area contributed by atoms with E-state index >= 15 is 0 Å². The van der Waals surface area contributed by atoms with Gasteiger partial charge in [-0.15, -0.1) is 0 Å². The van der Waals surface area contributed by atoms with Gasteiger partial charge in [-0.1, -0.05) is 12.1 Å². The van der Waals surface area contributed by atoms with Crippen LogP contribution in [0.25, 0.3) is 0 Å². The molecule has 0 bridgehead atoms. The van der Waals surface area contributed by atoms with Crippen LogP contribution < -0.4 is 4.90 Å². The Bertz CT molecular complexity index is 788. The number of ether oxygens (including phenoxy) is 1. The SMILES string of the molecule is O=C(OCC(=O)N1CCN(c2ccc(F)cc2)CC1)c1ccccc1F. The van der Waals surface area contributed by atoms with E-state index in [2.05, 4.69) is 4.90 Å². The highest BCUT2D eigenvalue weighted by atomic mass is 19.1. The van der Waals surface area contributed by atoms with E-state index in [4.69, 9.17) is 4.74 Å². The van der Waals surface area contributed by atoms with Gasteiger partial charge in [0.05, 0.1) is 5.56 Å². The number of benzene rings is 2. The molecule has 0 unspecified atom stereocenters. The summed E-state index contributed by atoms with van der Waals surface area (Å²) in [5, 5.41) is 0. The smallest absolute Gasteiger partial charge is 0.341 e. The second-order valence-corrected chi connectivity index (χ2v) is 5.90. The molecule has 7 heteroatoms. The first-order chi connectivity index (χ1) is 12.5. The van der Waals surface area contributed by atoms with Crippen molar-refractivity contribution in [3.05, 3.63) is 65.7 Å². The first-order valence-electron chi connectivity index (χ1n) is 8.24. The molecule has 0 aromatic heterocycles. The summed E-state index contributed by atoms with van der Waals surface area (Å²) in [5.74, 6) is -2.16. The number of carbonyl (C=O) groups excluding carboxylic acids is 2. The molecule has 2 aromatic carbocycles. The minimum atomic E-state index is -0.860. The van der Waals surface area contributed by atoms with E-state index < -0.39 is 18.4 Å². The van der Waals surface area contributed by atoms with Gasteiger partial charge in [0.15, 0.2) is 6.61 Å². The summed E-state index contributed by atoms with van der Waals surface area (Å²) < 4.78 is 31.4. The molecular weight excluding hydrogens is 342 g/mol. The highest BCUT2D eigenvalue weighted by molar-refractivity contribution is 5.91. The molecule has 1 aliphatic rings. The van der Waals surface area contributed by atoms with E-state index in [0.29, 0.717) is 26.2 Å². The van der Waals surface area contributed by atoms with Crippen molar-refractivity contribution in [2.45, 2.75) is 0 Å². The standard InChI is InChI=1S/C19H18F2N2O3/c20-14-5-7-15(8-6-14)22-9-11-23(12-10-22)18(24)13-26-19(25)16-3-1-2-4-17(16)21/h1-8H,9-13H2. The highest BCUT2D eigenvalue weighted by Gasteiger charge is 2.23. The molecule has 1 heterocycles. The average Bonchev–Trinajstić information content (AvgIpc) is 2.67. The lowest BCUT2D eigenvalue weighted by Gasteiger charge is -2.36. The highest BCUT2D eigenvalue weighted by Crippen LogP contribution is 2.17. The molecule has 1 amide bonds. The number of carbonyl (C=O) groups is 2. The minimum absolute atomic E-state index is 0.193. The van der Waals surface area contributed by atoms with Crippen LogP contribution in [0.3, 0.4) is 0 Å². The topological polar surface area (TPSA) is 49.9 Å². The first-order valence-corrected chi connectivity index (χ1v) is 8.24. The molecular formula is C19H18F2N2O3. The number of hydrogen-bond acceptors (Lipinski definition) is 4. The molecule has 1 fully saturated rings. The maximum Gasteiger partial charge on any atom is 0.341 e. The van der Waals surface area contributed by atoms with Crippen LogP contribution in [-0.2, 0) is 9.53 Å². The third-order valence-electron chi connectivity index (χ3n) is 4.24. The largest absolute Gasteiger partial charge is 0.452 e. The van der Waals surface area contributed by atoms with Crippen LogP contribution >= 0.6 is 0 Å². The van der Waals surface area contributed by atoms with Crippen LogP contribution in [0.5, 0.6) is 0 Å². The Balaban J connectivity index is 1.48. The molecule has 2 aromatic rings. The van der Waals surface area contributed by atoms with Crippen LogP contribution in [0.4, 0.5) is 14.5 Å². The maximum atomic E-state index is 13.5. The van der Waals surface area contributed by atoms with E-state index in [-0.39, 0.29) is 17.3 Å². The number of amides is 1. The molecule has 3 rings (SSSR count). The van der Waals surface area contributed by atoms with Crippen molar-refractivity contribution in [3.63, 3.8) is 0 Å². The lowest BCUT2D eigenvalue weighted by molar-refractivity contribution is -0.134. The molecule has 136 valence electrons. The Morgan fingerprint density at radius 1 is 0.923 bits per heavy atom. The molecule has 0 radical (unpaired) electrons. The van der Waals surface area contributed by atoms with Crippen LogP contribution in [0.2, 0.25) is 0 Å². The maximum absolute atomic E-state index is 13.5. The van der Waals surface area contributed by atoms with Crippen LogP contribution in [0.15, 0.2) is 48.5 Å². The number of halogens is 2. The van der Waals surface area contributed by atoms with Gasteiger partial charge in [-0.25, -0.2) is 13.6 Å². The van der Waals surface area contributed by atoms with Gasteiger partial charge < -0.3 is 14.5 Å². The van der Waals surface area contributed by atoms with Crippen LogP contribution in [0.1, 0.15) is 10.4 Å². The zero-order chi connectivity index (χ0) is 18.5. The predicted molar refractivity (Wildman–Crippen MR) is 91.9 cm³/mol. The number of rotatable bonds is 4. The van der Waals surface area contributed by atoms with Crippen molar-refractivity contribution in [2.24, 2.45) is 0 Å². The van der Waals surface area contributed by atoms with Crippen molar-refractivity contribution in [1.29, 1.82) is 0 Å². The fraction of sp³-hybridized carbons (Fsp3) is 0.263. The van der Waals surface area contributed by atoms with Crippen molar-refractivity contribution < 1.29 is 23.1 Å². The van der Waals surface area contributed by atoms with Crippen molar-refractivity contribution >= 4 is 17.6 Å². The van der Waals surface area contributed by atoms with Crippen molar-refractivity contribution in [3.8, 4) is 0 Å². The molecule has 0 atom stereocenters. The second-order valence-electron chi connectivity index (χ2n) is 5.90. The lowest BCUT2D eigenvalue weighted by atomic mass is 10.2. The van der Waals surface area contributed by atoms with E-state index in [1.165, 1.54) is 30.3 Å². The molecule has 0 spiro atoms. The summed E-state index contributed by atoms with van der Waals surface area (Å²) in [7, 11) is 0. The molecule has 26 heavy (non-hydrogen) atoms. The Labute approximate surface area is 149 Å². The summed E-state index contributed by atoms with van der Waals surface area (Å²) in [5.41, 5.74) is 0.700. The second kappa shape index (κ2) is 7.95. The van der Waals surface area contributed by atoms with E-state index in [9.17, 15) is 18.4 Å². The molecule has 1 saturated heterocycles.